The topological polar surface area (TPSA) is 37.3 Å². The fourth-order valence-electron chi connectivity index (χ4n) is 2.11. The Morgan fingerprint density at radius 3 is 2.33 bits per heavy atom. The molecular formula is C10H18O2. The van der Waals surface area contributed by atoms with E-state index in [2.05, 4.69) is 6.92 Å². The molecule has 0 unspecified atom stereocenters. The van der Waals surface area contributed by atoms with Crippen molar-refractivity contribution < 1.29 is 9.90 Å². The molecule has 0 aliphatic heterocycles. The molecule has 0 heterocycles. The van der Waals surface area contributed by atoms with E-state index in [4.69, 9.17) is 5.11 Å². The fourth-order valence-corrected chi connectivity index (χ4v) is 2.11. The SMILES string of the molecule is CCC[C@H]1CC[C@H](C(=O)O)CC1. The number of rotatable bonds is 3. The maximum Gasteiger partial charge on any atom is 0.306 e. The zero-order chi connectivity index (χ0) is 8.97. The molecule has 1 N–H and O–H groups in total. The van der Waals surface area contributed by atoms with Gasteiger partial charge in [0.15, 0.2) is 0 Å². The lowest BCUT2D eigenvalue weighted by Crippen LogP contribution is -2.21. The van der Waals surface area contributed by atoms with Crippen LogP contribution in [0.15, 0.2) is 0 Å². The van der Waals surface area contributed by atoms with Gasteiger partial charge in [0.2, 0.25) is 0 Å². The summed E-state index contributed by atoms with van der Waals surface area (Å²) in [5.41, 5.74) is 0. The van der Waals surface area contributed by atoms with Crippen molar-refractivity contribution in [3.8, 4) is 0 Å². The van der Waals surface area contributed by atoms with Gasteiger partial charge in [-0.1, -0.05) is 19.8 Å². The Morgan fingerprint density at radius 2 is 1.92 bits per heavy atom. The van der Waals surface area contributed by atoms with Crippen molar-refractivity contribution in [2.75, 3.05) is 0 Å². The van der Waals surface area contributed by atoms with Gasteiger partial charge in [0.1, 0.15) is 0 Å². The van der Waals surface area contributed by atoms with Gasteiger partial charge in [0, 0.05) is 0 Å². The van der Waals surface area contributed by atoms with Gasteiger partial charge in [-0.05, 0) is 31.6 Å². The normalized spacial score (nSPS) is 30.1. The Bertz CT molecular complexity index is 146. The van der Waals surface area contributed by atoms with E-state index in [0.29, 0.717) is 0 Å². The average molecular weight is 170 g/mol. The molecule has 1 rings (SSSR count). The van der Waals surface area contributed by atoms with Crippen LogP contribution in [0.25, 0.3) is 0 Å². The lowest BCUT2D eigenvalue weighted by molar-refractivity contribution is -0.143. The Kier molecular flexibility index (Phi) is 3.57. The first kappa shape index (κ1) is 9.56. The smallest absolute Gasteiger partial charge is 0.306 e. The Morgan fingerprint density at radius 1 is 1.33 bits per heavy atom. The van der Waals surface area contributed by atoms with E-state index in [1.165, 1.54) is 12.8 Å². The Balaban J connectivity index is 2.25. The van der Waals surface area contributed by atoms with Crippen LogP contribution in [-0.4, -0.2) is 11.1 Å². The second-order valence-corrected chi connectivity index (χ2v) is 3.84. The molecular weight excluding hydrogens is 152 g/mol. The van der Waals surface area contributed by atoms with Crippen molar-refractivity contribution in [1.82, 2.24) is 0 Å². The van der Waals surface area contributed by atoms with Crippen LogP contribution in [0.1, 0.15) is 45.4 Å². The molecule has 2 heteroatoms. The molecule has 0 saturated heterocycles. The van der Waals surface area contributed by atoms with Crippen molar-refractivity contribution >= 4 is 5.97 Å². The molecule has 0 bridgehead atoms. The van der Waals surface area contributed by atoms with Crippen LogP contribution < -0.4 is 0 Å². The van der Waals surface area contributed by atoms with E-state index in [-0.39, 0.29) is 5.92 Å². The number of carboxylic acid groups (broad SMARTS) is 1. The summed E-state index contributed by atoms with van der Waals surface area (Å²) in [6.45, 7) is 2.20. The predicted molar refractivity (Wildman–Crippen MR) is 48.0 cm³/mol. The van der Waals surface area contributed by atoms with Gasteiger partial charge in [-0.15, -0.1) is 0 Å². The highest BCUT2D eigenvalue weighted by molar-refractivity contribution is 5.69. The zero-order valence-electron chi connectivity index (χ0n) is 7.75. The summed E-state index contributed by atoms with van der Waals surface area (Å²) in [7, 11) is 0. The van der Waals surface area contributed by atoms with E-state index in [9.17, 15) is 4.79 Å². The third kappa shape index (κ3) is 2.50. The summed E-state index contributed by atoms with van der Waals surface area (Å²) < 4.78 is 0. The molecule has 1 aliphatic carbocycles. The van der Waals surface area contributed by atoms with Crippen molar-refractivity contribution in [1.29, 1.82) is 0 Å². The molecule has 1 saturated carbocycles. The molecule has 0 aromatic carbocycles. The van der Waals surface area contributed by atoms with Crippen molar-refractivity contribution in [2.45, 2.75) is 45.4 Å². The predicted octanol–water partition coefficient (Wildman–Crippen LogP) is 2.68. The standard InChI is InChI=1S/C10H18O2/c1-2-3-8-4-6-9(7-5-8)10(11)12/h8-9H,2-7H2,1H3,(H,11,12)/t8-,9-. The molecule has 0 spiro atoms. The first-order chi connectivity index (χ1) is 5.74. The Labute approximate surface area is 74.0 Å². The van der Waals surface area contributed by atoms with Crippen molar-refractivity contribution in [3.05, 3.63) is 0 Å². The molecule has 0 atom stereocenters. The van der Waals surface area contributed by atoms with Crippen LogP contribution in [0.5, 0.6) is 0 Å². The molecule has 12 heavy (non-hydrogen) atoms. The van der Waals surface area contributed by atoms with Gasteiger partial charge in [-0.2, -0.15) is 0 Å². The third-order valence-corrected chi connectivity index (χ3v) is 2.89. The number of aliphatic carboxylic acids is 1. The van der Waals surface area contributed by atoms with E-state index < -0.39 is 5.97 Å². The van der Waals surface area contributed by atoms with Crippen LogP contribution >= 0.6 is 0 Å². The van der Waals surface area contributed by atoms with E-state index >= 15 is 0 Å². The summed E-state index contributed by atoms with van der Waals surface area (Å²) in [5.74, 6) is 0.175. The first-order valence-electron chi connectivity index (χ1n) is 4.96. The van der Waals surface area contributed by atoms with Crippen LogP contribution in [-0.2, 0) is 4.79 Å². The maximum atomic E-state index is 10.6. The minimum absolute atomic E-state index is 0.0434. The lowest BCUT2D eigenvalue weighted by atomic mass is 9.80. The van der Waals surface area contributed by atoms with Crippen LogP contribution in [0.3, 0.4) is 0 Å². The van der Waals surface area contributed by atoms with Crippen LogP contribution in [0.2, 0.25) is 0 Å². The van der Waals surface area contributed by atoms with Gasteiger partial charge in [0.25, 0.3) is 0 Å². The van der Waals surface area contributed by atoms with Crippen molar-refractivity contribution in [3.63, 3.8) is 0 Å². The maximum absolute atomic E-state index is 10.6. The number of carbonyl (C=O) groups is 1. The Hall–Kier alpha value is -0.530. The molecule has 0 radical (unpaired) electrons. The molecule has 70 valence electrons. The van der Waals surface area contributed by atoms with Crippen LogP contribution in [0.4, 0.5) is 0 Å². The quantitative estimate of drug-likeness (QED) is 0.707. The van der Waals surface area contributed by atoms with Gasteiger partial charge in [0.05, 0.1) is 5.92 Å². The largest absolute Gasteiger partial charge is 0.481 e. The first-order valence-corrected chi connectivity index (χ1v) is 4.96. The van der Waals surface area contributed by atoms with E-state index in [1.807, 2.05) is 0 Å². The molecule has 0 amide bonds. The molecule has 0 aromatic rings. The summed E-state index contributed by atoms with van der Waals surface area (Å²) in [5, 5.41) is 8.75. The lowest BCUT2D eigenvalue weighted by Gasteiger charge is -2.25. The summed E-state index contributed by atoms with van der Waals surface area (Å²) in [6.07, 6.45) is 6.59. The summed E-state index contributed by atoms with van der Waals surface area (Å²) in [4.78, 5) is 10.6. The highest BCUT2D eigenvalue weighted by Gasteiger charge is 2.24. The number of hydrogen-bond acceptors (Lipinski definition) is 1. The van der Waals surface area contributed by atoms with E-state index in [1.54, 1.807) is 0 Å². The van der Waals surface area contributed by atoms with Gasteiger partial charge in [-0.3, -0.25) is 4.79 Å². The van der Waals surface area contributed by atoms with Crippen LogP contribution in [0, 0.1) is 11.8 Å². The molecule has 0 aromatic heterocycles. The van der Waals surface area contributed by atoms with E-state index in [0.717, 1.165) is 31.6 Å². The highest BCUT2D eigenvalue weighted by atomic mass is 16.4. The third-order valence-electron chi connectivity index (χ3n) is 2.89. The van der Waals surface area contributed by atoms with Crippen molar-refractivity contribution in [2.24, 2.45) is 11.8 Å². The zero-order valence-corrected chi connectivity index (χ0v) is 7.75. The minimum Gasteiger partial charge on any atom is -0.481 e. The minimum atomic E-state index is -0.593. The molecule has 1 aliphatic rings. The highest BCUT2D eigenvalue weighted by Crippen LogP contribution is 2.31. The number of hydrogen-bond donors (Lipinski definition) is 1. The van der Waals surface area contributed by atoms with Gasteiger partial charge >= 0.3 is 5.97 Å². The average Bonchev–Trinajstić information content (AvgIpc) is 2.06. The molecule has 1 fully saturated rings. The number of carboxylic acids is 1. The monoisotopic (exact) mass is 170 g/mol. The van der Waals surface area contributed by atoms with Gasteiger partial charge in [-0.25, -0.2) is 0 Å². The second kappa shape index (κ2) is 4.48. The fraction of sp³-hybridized carbons (Fsp3) is 0.900. The second-order valence-electron chi connectivity index (χ2n) is 3.84. The van der Waals surface area contributed by atoms with Gasteiger partial charge < -0.3 is 5.11 Å². The molecule has 2 nitrogen and oxygen atoms in total. The summed E-state index contributed by atoms with van der Waals surface area (Å²) >= 11 is 0. The summed E-state index contributed by atoms with van der Waals surface area (Å²) in [6, 6.07) is 0.